The lowest BCUT2D eigenvalue weighted by Crippen LogP contribution is -2.09. The molecule has 0 unspecified atom stereocenters. The highest BCUT2D eigenvalue weighted by atomic mass is 19.4. The number of hydrogen-bond acceptors (Lipinski definition) is 2. The Morgan fingerprint density at radius 3 is 2.04 bits per heavy atom. The second-order valence-corrected chi connectivity index (χ2v) is 5.01. The third-order valence-corrected chi connectivity index (χ3v) is 3.35. The molecule has 0 amide bonds. The number of carbonyl (C=O) groups is 1. The van der Waals surface area contributed by atoms with Crippen molar-refractivity contribution in [1.29, 1.82) is 0 Å². The molecule has 0 saturated carbocycles. The lowest BCUT2D eigenvalue weighted by molar-refractivity contribution is -0.139. The number of carboxylic acids is 1. The van der Waals surface area contributed by atoms with Crippen molar-refractivity contribution in [3.8, 4) is 16.9 Å². The van der Waals surface area contributed by atoms with Gasteiger partial charge in [0.1, 0.15) is 5.75 Å². The highest BCUT2D eigenvalue weighted by Crippen LogP contribution is 2.40. The molecule has 0 spiro atoms. The molecule has 134 valence electrons. The van der Waals surface area contributed by atoms with Crippen LogP contribution in [-0.4, -0.2) is 18.2 Å². The smallest absolute Gasteiger partial charge is 0.419 e. The minimum absolute atomic E-state index is 0.221. The third kappa shape index (κ3) is 4.04. The zero-order chi connectivity index (χ0) is 19.0. The molecule has 0 aliphatic rings. The predicted molar refractivity (Wildman–Crippen MR) is 75.4 cm³/mol. The first-order valence-electron chi connectivity index (χ1n) is 6.64. The summed E-state index contributed by atoms with van der Waals surface area (Å²) in [7, 11) is 1.02. The summed E-state index contributed by atoms with van der Waals surface area (Å²) in [4.78, 5) is 11.0. The van der Waals surface area contributed by atoms with E-state index in [-0.39, 0.29) is 11.1 Å². The first-order valence-corrected chi connectivity index (χ1v) is 6.64. The summed E-state index contributed by atoms with van der Waals surface area (Å²) in [6.07, 6.45) is -9.64. The SMILES string of the molecule is COc1ccc(-c2cc(C(=O)O)cc(C(F)(F)F)c2)cc1C(F)(F)F. The van der Waals surface area contributed by atoms with Crippen LogP contribution in [0.1, 0.15) is 21.5 Å². The van der Waals surface area contributed by atoms with Crippen molar-refractivity contribution in [2.75, 3.05) is 7.11 Å². The van der Waals surface area contributed by atoms with E-state index in [1.54, 1.807) is 0 Å². The maximum atomic E-state index is 13.1. The Labute approximate surface area is 137 Å². The molecule has 0 bridgehead atoms. The predicted octanol–water partition coefficient (Wildman–Crippen LogP) is 5.10. The quantitative estimate of drug-likeness (QED) is 0.771. The van der Waals surface area contributed by atoms with Gasteiger partial charge in [-0.25, -0.2) is 4.79 Å². The molecule has 0 aromatic heterocycles. The molecule has 0 fully saturated rings. The summed E-state index contributed by atoms with van der Waals surface area (Å²) >= 11 is 0. The van der Waals surface area contributed by atoms with E-state index in [0.29, 0.717) is 18.2 Å². The van der Waals surface area contributed by atoms with Crippen molar-refractivity contribution in [2.24, 2.45) is 0 Å². The van der Waals surface area contributed by atoms with Crippen LogP contribution in [0.25, 0.3) is 11.1 Å². The fourth-order valence-electron chi connectivity index (χ4n) is 2.19. The van der Waals surface area contributed by atoms with Crippen LogP contribution in [0.5, 0.6) is 5.75 Å². The largest absolute Gasteiger partial charge is 0.496 e. The molecule has 25 heavy (non-hydrogen) atoms. The minimum Gasteiger partial charge on any atom is -0.496 e. The van der Waals surface area contributed by atoms with E-state index in [1.807, 2.05) is 0 Å². The van der Waals surface area contributed by atoms with Crippen molar-refractivity contribution >= 4 is 5.97 Å². The molecular weight excluding hydrogens is 354 g/mol. The van der Waals surface area contributed by atoms with Crippen LogP contribution in [0.4, 0.5) is 26.3 Å². The van der Waals surface area contributed by atoms with Gasteiger partial charge in [-0.2, -0.15) is 26.3 Å². The van der Waals surface area contributed by atoms with Crippen molar-refractivity contribution in [1.82, 2.24) is 0 Å². The van der Waals surface area contributed by atoms with Gasteiger partial charge in [-0.15, -0.1) is 0 Å². The summed E-state index contributed by atoms with van der Waals surface area (Å²) in [5.74, 6) is -2.13. The Bertz CT molecular complexity index is 808. The van der Waals surface area contributed by atoms with Crippen molar-refractivity contribution in [2.45, 2.75) is 12.4 Å². The third-order valence-electron chi connectivity index (χ3n) is 3.35. The van der Waals surface area contributed by atoms with Gasteiger partial charge in [0.2, 0.25) is 0 Å². The second kappa shape index (κ2) is 6.30. The fourth-order valence-corrected chi connectivity index (χ4v) is 2.19. The Balaban J connectivity index is 2.69. The molecule has 3 nitrogen and oxygen atoms in total. The average molecular weight is 364 g/mol. The molecule has 0 aliphatic carbocycles. The number of methoxy groups -OCH3 is 1. The molecule has 0 radical (unpaired) electrons. The zero-order valence-corrected chi connectivity index (χ0v) is 12.5. The number of rotatable bonds is 3. The summed E-state index contributed by atoms with van der Waals surface area (Å²) in [6, 6.07) is 4.57. The molecule has 2 aromatic rings. The number of hydrogen-bond donors (Lipinski definition) is 1. The molecule has 0 atom stereocenters. The standard InChI is InChI=1S/C16H10F6O3/c1-25-13-3-2-8(7-12(13)16(20,21)22)9-4-10(14(23)24)6-11(5-9)15(17,18)19/h2-7H,1H3,(H,23,24). The Morgan fingerprint density at radius 2 is 1.56 bits per heavy atom. The summed E-state index contributed by atoms with van der Waals surface area (Å²) in [5.41, 5.74) is -3.66. The van der Waals surface area contributed by atoms with E-state index in [9.17, 15) is 31.1 Å². The van der Waals surface area contributed by atoms with Crippen LogP contribution in [0.2, 0.25) is 0 Å². The van der Waals surface area contributed by atoms with E-state index in [4.69, 9.17) is 5.11 Å². The normalized spacial score (nSPS) is 12.1. The topological polar surface area (TPSA) is 46.5 Å². The van der Waals surface area contributed by atoms with Gasteiger partial charge in [-0.1, -0.05) is 6.07 Å². The molecule has 2 aromatic carbocycles. The first-order chi connectivity index (χ1) is 11.4. The second-order valence-electron chi connectivity index (χ2n) is 5.01. The van der Waals surface area contributed by atoms with Gasteiger partial charge in [0.25, 0.3) is 0 Å². The van der Waals surface area contributed by atoms with Crippen molar-refractivity contribution in [3.63, 3.8) is 0 Å². The van der Waals surface area contributed by atoms with Crippen LogP contribution < -0.4 is 4.74 Å². The maximum absolute atomic E-state index is 13.1. The number of benzene rings is 2. The monoisotopic (exact) mass is 364 g/mol. The van der Waals surface area contributed by atoms with Crippen molar-refractivity contribution in [3.05, 3.63) is 53.1 Å². The lowest BCUT2D eigenvalue weighted by Gasteiger charge is -2.15. The van der Waals surface area contributed by atoms with Gasteiger partial charge < -0.3 is 9.84 Å². The number of carboxylic acid groups (broad SMARTS) is 1. The maximum Gasteiger partial charge on any atom is 0.419 e. The van der Waals surface area contributed by atoms with E-state index >= 15 is 0 Å². The highest BCUT2D eigenvalue weighted by Gasteiger charge is 2.35. The summed E-state index contributed by atoms with van der Waals surface area (Å²) in [5, 5.41) is 8.95. The first kappa shape index (κ1) is 18.6. The highest BCUT2D eigenvalue weighted by molar-refractivity contribution is 5.90. The molecule has 9 heteroatoms. The molecule has 0 saturated heterocycles. The molecule has 1 N–H and O–H groups in total. The van der Waals surface area contributed by atoms with E-state index in [1.165, 1.54) is 0 Å². The lowest BCUT2D eigenvalue weighted by atomic mass is 9.97. The van der Waals surface area contributed by atoms with Gasteiger partial charge in [-0.05, 0) is 41.5 Å². The Hall–Kier alpha value is -2.71. The Morgan fingerprint density at radius 1 is 0.920 bits per heavy atom. The minimum atomic E-state index is -4.85. The zero-order valence-electron chi connectivity index (χ0n) is 12.5. The summed E-state index contributed by atoms with van der Waals surface area (Å²) < 4.78 is 82.5. The van der Waals surface area contributed by atoms with Gasteiger partial charge >= 0.3 is 18.3 Å². The molecule has 0 heterocycles. The van der Waals surface area contributed by atoms with Gasteiger partial charge in [-0.3, -0.25) is 0 Å². The fraction of sp³-hybridized carbons (Fsp3) is 0.188. The van der Waals surface area contributed by atoms with E-state index in [2.05, 4.69) is 4.74 Å². The molecule has 2 rings (SSSR count). The average Bonchev–Trinajstić information content (AvgIpc) is 2.52. The number of aromatic carboxylic acids is 1. The van der Waals surface area contributed by atoms with Crippen LogP contribution in [0.15, 0.2) is 36.4 Å². The van der Waals surface area contributed by atoms with E-state index in [0.717, 1.165) is 25.3 Å². The van der Waals surface area contributed by atoms with E-state index < -0.39 is 40.8 Å². The van der Waals surface area contributed by atoms with Gasteiger partial charge in [0.05, 0.1) is 23.8 Å². The molecular formula is C16H10F6O3. The van der Waals surface area contributed by atoms with Crippen molar-refractivity contribution < 1.29 is 41.0 Å². The Kier molecular flexibility index (Phi) is 4.70. The van der Waals surface area contributed by atoms with Crippen LogP contribution in [0.3, 0.4) is 0 Å². The van der Waals surface area contributed by atoms with Gasteiger partial charge in [0, 0.05) is 0 Å². The number of alkyl halides is 6. The van der Waals surface area contributed by atoms with Crippen LogP contribution in [0, 0.1) is 0 Å². The van der Waals surface area contributed by atoms with Crippen LogP contribution in [-0.2, 0) is 12.4 Å². The molecule has 0 aliphatic heterocycles. The van der Waals surface area contributed by atoms with Crippen LogP contribution >= 0.6 is 0 Å². The van der Waals surface area contributed by atoms with Gasteiger partial charge in [0.15, 0.2) is 0 Å². The summed E-state index contributed by atoms with van der Waals surface area (Å²) in [6.45, 7) is 0. The number of halogens is 6. The number of ether oxygens (including phenoxy) is 1.